The van der Waals surface area contributed by atoms with E-state index in [0.717, 1.165) is 0 Å². The van der Waals surface area contributed by atoms with E-state index >= 15 is 0 Å². The third-order valence-electron chi connectivity index (χ3n) is 1.41. The number of Topliss-reactive ketones (excluding diaryl/α,β-unsaturated/α-hetero) is 2. The monoisotopic (exact) mass is 206 g/mol. The van der Waals surface area contributed by atoms with E-state index in [4.69, 9.17) is 16.7 Å². The van der Waals surface area contributed by atoms with Gasteiger partial charge in [0.15, 0.2) is 11.2 Å². The molecular formula is C8H11ClO4. The number of carboxylic acid groups (broad SMARTS) is 1. The fourth-order valence-corrected chi connectivity index (χ4v) is 1.03. The minimum atomic E-state index is -1.68. The number of carbonyl (C=O) groups is 3. The highest BCUT2D eigenvalue weighted by atomic mass is 35.5. The van der Waals surface area contributed by atoms with E-state index in [1.54, 1.807) is 20.8 Å². The summed E-state index contributed by atoms with van der Waals surface area (Å²) in [5.41, 5.74) is -0.808. The maximum Gasteiger partial charge on any atom is 0.374 e. The van der Waals surface area contributed by atoms with Gasteiger partial charge in [-0.05, 0) is 0 Å². The van der Waals surface area contributed by atoms with Crippen molar-refractivity contribution in [3.8, 4) is 0 Å². The summed E-state index contributed by atoms with van der Waals surface area (Å²) in [5, 5.41) is 6.70. The number of rotatable bonds is 3. The normalized spacial score (nSPS) is 13.5. The smallest absolute Gasteiger partial charge is 0.374 e. The van der Waals surface area contributed by atoms with Gasteiger partial charge >= 0.3 is 5.97 Å². The van der Waals surface area contributed by atoms with Gasteiger partial charge < -0.3 is 5.11 Å². The predicted molar refractivity (Wildman–Crippen MR) is 46.7 cm³/mol. The van der Waals surface area contributed by atoms with Gasteiger partial charge in [-0.1, -0.05) is 20.8 Å². The minimum absolute atomic E-state index is 0.582. The van der Waals surface area contributed by atoms with Crippen molar-refractivity contribution < 1.29 is 19.5 Å². The van der Waals surface area contributed by atoms with Crippen LogP contribution in [0.2, 0.25) is 0 Å². The van der Waals surface area contributed by atoms with Gasteiger partial charge in [0.25, 0.3) is 5.78 Å². The van der Waals surface area contributed by atoms with Crippen LogP contribution in [0.4, 0.5) is 0 Å². The van der Waals surface area contributed by atoms with Gasteiger partial charge in [-0.25, -0.2) is 4.79 Å². The molecule has 4 nitrogen and oxygen atoms in total. The van der Waals surface area contributed by atoms with Crippen LogP contribution in [0.5, 0.6) is 0 Å². The molecule has 13 heavy (non-hydrogen) atoms. The van der Waals surface area contributed by atoms with Crippen molar-refractivity contribution in [3.63, 3.8) is 0 Å². The zero-order valence-electron chi connectivity index (χ0n) is 7.63. The van der Waals surface area contributed by atoms with Crippen LogP contribution in [-0.2, 0) is 14.4 Å². The molecule has 0 aliphatic carbocycles. The number of alkyl halides is 1. The summed E-state index contributed by atoms with van der Waals surface area (Å²) in [5.74, 6) is -3.54. The highest BCUT2D eigenvalue weighted by Gasteiger charge is 2.35. The van der Waals surface area contributed by atoms with Crippen LogP contribution >= 0.6 is 11.6 Å². The van der Waals surface area contributed by atoms with E-state index in [1.807, 2.05) is 0 Å². The maximum atomic E-state index is 11.3. The number of hydrogen-bond acceptors (Lipinski definition) is 3. The molecular weight excluding hydrogens is 196 g/mol. The first-order valence-electron chi connectivity index (χ1n) is 3.63. The van der Waals surface area contributed by atoms with Crippen LogP contribution in [-0.4, -0.2) is 28.0 Å². The van der Waals surface area contributed by atoms with E-state index in [9.17, 15) is 14.4 Å². The summed E-state index contributed by atoms with van der Waals surface area (Å²) in [6, 6.07) is 0. The molecule has 1 atom stereocenters. The van der Waals surface area contributed by atoms with Crippen LogP contribution in [0.3, 0.4) is 0 Å². The summed E-state index contributed by atoms with van der Waals surface area (Å²) in [4.78, 5) is 32.3. The Morgan fingerprint density at radius 3 is 1.85 bits per heavy atom. The Kier molecular flexibility index (Phi) is 3.60. The summed E-state index contributed by atoms with van der Waals surface area (Å²) < 4.78 is 0. The van der Waals surface area contributed by atoms with Gasteiger partial charge in [0, 0.05) is 5.41 Å². The molecule has 0 fully saturated rings. The Hall–Kier alpha value is -0.900. The summed E-state index contributed by atoms with van der Waals surface area (Å²) in [6.07, 6.45) is 0. The molecule has 0 aliphatic heterocycles. The standard InChI is InChI=1S/C8H11ClO4/c1-8(2,3)6(11)4(9)5(10)7(12)13/h4H,1-3H3,(H,12,13). The van der Waals surface area contributed by atoms with Crippen molar-refractivity contribution in [2.24, 2.45) is 5.41 Å². The molecule has 0 rings (SSSR count). The van der Waals surface area contributed by atoms with E-state index in [0.29, 0.717) is 0 Å². The van der Waals surface area contributed by atoms with Crippen molar-refractivity contribution in [3.05, 3.63) is 0 Å². The van der Waals surface area contributed by atoms with Gasteiger partial charge in [0.1, 0.15) is 0 Å². The third kappa shape index (κ3) is 3.14. The van der Waals surface area contributed by atoms with E-state index in [-0.39, 0.29) is 0 Å². The SMILES string of the molecule is CC(C)(C)C(=O)C(Cl)C(=O)C(=O)O. The van der Waals surface area contributed by atoms with Crippen LogP contribution in [0.15, 0.2) is 0 Å². The van der Waals surface area contributed by atoms with E-state index in [1.165, 1.54) is 0 Å². The lowest BCUT2D eigenvalue weighted by atomic mass is 9.88. The Bertz CT molecular complexity index is 251. The lowest BCUT2D eigenvalue weighted by Crippen LogP contribution is -2.37. The first-order valence-corrected chi connectivity index (χ1v) is 4.07. The number of hydrogen-bond donors (Lipinski definition) is 1. The van der Waals surface area contributed by atoms with Crippen molar-refractivity contribution >= 4 is 29.1 Å². The highest BCUT2D eigenvalue weighted by Crippen LogP contribution is 2.20. The fourth-order valence-electron chi connectivity index (χ4n) is 0.608. The number of aliphatic carboxylic acids is 1. The first-order chi connectivity index (χ1) is 5.68. The lowest BCUT2D eigenvalue weighted by molar-refractivity contribution is -0.150. The van der Waals surface area contributed by atoms with Crippen molar-refractivity contribution in [1.82, 2.24) is 0 Å². The van der Waals surface area contributed by atoms with Gasteiger partial charge in [-0.3, -0.25) is 9.59 Å². The first kappa shape index (κ1) is 12.1. The number of carboxylic acids is 1. The van der Waals surface area contributed by atoms with Crippen molar-refractivity contribution in [1.29, 1.82) is 0 Å². The quantitative estimate of drug-likeness (QED) is 0.422. The Morgan fingerprint density at radius 2 is 1.62 bits per heavy atom. The lowest BCUT2D eigenvalue weighted by Gasteiger charge is -2.18. The molecule has 0 spiro atoms. The molecule has 0 heterocycles. The van der Waals surface area contributed by atoms with Crippen LogP contribution < -0.4 is 0 Å². The van der Waals surface area contributed by atoms with Gasteiger partial charge in [0.05, 0.1) is 0 Å². The highest BCUT2D eigenvalue weighted by molar-refractivity contribution is 6.54. The van der Waals surface area contributed by atoms with E-state index < -0.39 is 28.3 Å². The molecule has 0 radical (unpaired) electrons. The second-order valence-electron chi connectivity index (χ2n) is 3.65. The third-order valence-corrected chi connectivity index (χ3v) is 1.81. The predicted octanol–water partition coefficient (Wildman–Crippen LogP) is 0.863. The average molecular weight is 207 g/mol. The minimum Gasteiger partial charge on any atom is -0.475 e. The number of ketones is 2. The number of halogens is 1. The molecule has 0 saturated heterocycles. The summed E-state index contributed by atoms with van der Waals surface area (Å²) >= 11 is 5.38. The van der Waals surface area contributed by atoms with Gasteiger partial charge in [-0.2, -0.15) is 0 Å². The molecule has 0 amide bonds. The van der Waals surface area contributed by atoms with Crippen LogP contribution in [0.1, 0.15) is 20.8 Å². The molecule has 0 aliphatic rings. The molecule has 74 valence electrons. The summed E-state index contributed by atoms with van der Waals surface area (Å²) in [7, 11) is 0. The van der Waals surface area contributed by atoms with Crippen molar-refractivity contribution in [2.45, 2.75) is 26.1 Å². The maximum absolute atomic E-state index is 11.3. The second-order valence-corrected chi connectivity index (χ2v) is 4.08. The largest absolute Gasteiger partial charge is 0.475 e. The zero-order chi connectivity index (χ0) is 10.8. The molecule has 0 bridgehead atoms. The Morgan fingerprint density at radius 1 is 1.23 bits per heavy atom. The Balaban J connectivity index is 4.63. The van der Waals surface area contributed by atoms with Gasteiger partial charge in [0.2, 0.25) is 0 Å². The van der Waals surface area contributed by atoms with Crippen LogP contribution in [0.25, 0.3) is 0 Å². The molecule has 5 heteroatoms. The molecule has 1 N–H and O–H groups in total. The van der Waals surface area contributed by atoms with Gasteiger partial charge in [-0.15, -0.1) is 11.6 Å². The molecule has 0 aromatic heterocycles. The van der Waals surface area contributed by atoms with Crippen molar-refractivity contribution in [2.75, 3.05) is 0 Å². The zero-order valence-corrected chi connectivity index (χ0v) is 8.38. The topological polar surface area (TPSA) is 71.4 Å². The molecule has 0 aromatic carbocycles. The Labute approximate surface area is 80.9 Å². The molecule has 0 saturated carbocycles. The molecule has 1 unspecified atom stereocenters. The number of carbonyl (C=O) groups excluding carboxylic acids is 2. The average Bonchev–Trinajstić information content (AvgIpc) is 1.98. The molecule has 0 aromatic rings. The fraction of sp³-hybridized carbons (Fsp3) is 0.625. The van der Waals surface area contributed by atoms with Crippen LogP contribution in [0, 0.1) is 5.41 Å². The summed E-state index contributed by atoms with van der Waals surface area (Å²) in [6.45, 7) is 4.71. The van der Waals surface area contributed by atoms with E-state index in [2.05, 4.69) is 0 Å². The second kappa shape index (κ2) is 3.87.